The molecule has 2 aromatic carbocycles. The van der Waals surface area contributed by atoms with Gasteiger partial charge in [-0.25, -0.2) is 0 Å². The normalized spacial score (nSPS) is 11.8. The van der Waals surface area contributed by atoms with Gasteiger partial charge in [-0.3, -0.25) is 0 Å². The first kappa shape index (κ1) is 20.5. The lowest BCUT2D eigenvalue weighted by Crippen LogP contribution is -2.14. The second-order valence-electron chi connectivity index (χ2n) is 5.99. The Labute approximate surface area is 173 Å². The molecule has 0 saturated heterocycles. The minimum Gasteiger partial charge on any atom is -0.504 e. The van der Waals surface area contributed by atoms with E-state index in [9.17, 15) is 5.11 Å². The molecule has 0 bridgehead atoms. The van der Waals surface area contributed by atoms with Crippen LogP contribution in [0.3, 0.4) is 0 Å². The molecule has 1 heterocycles. The van der Waals surface area contributed by atoms with Gasteiger partial charge >= 0.3 is 0 Å². The van der Waals surface area contributed by atoms with E-state index in [1.807, 2.05) is 23.6 Å². The van der Waals surface area contributed by atoms with E-state index in [1.54, 1.807) is 38.6 Å². The van der Waals surface area contributed by atoms with Crippen LogP contribution in [0.1, 0.15) is 12.5 Å². The van der Waals surface area contributed by atoms with E-state index in [0.29, 0.717) is 5.75 Å². The highest BCUT2D eigenvalue weighted by molar-refractivity contribution is 7.07. The van der Waals surface area contributed by atoms with Crippen LogP contribution in [0, 0.1) is 0 Å². The molecule has 0 unspecified atom stereocenters. The molecule has 0 atom stereocenters. The van der Waals surface area contributed by atoms with E-state index in [2.05, 4.69) is 21.7 Å². The number of hydrogen-bond acceptors (Lipinski definition) is 7. The van der Waals surface area contributed by atoms with Crippen LogP contribution in [0.4, 0.5) is 0 Å². The van der Waals surface area contributed by atoms with Crippen LogP contribution >= 0.6 is 11.3 Å². The van der Waals surface area contributed by atoms with Crippen molar-refractivity contribution in [3.05, 3.63) is 52.1 Å². The van der Waals surface area contributed by atoms with Crippen molar-refractivity contribution in [3.8, 4) is 34.3 Å². The minimum absolute atomic E-state index is 0.0838. The maximum Gasteiger partial charge on any atom is 0.211 e. The molecular weight excluding hydrogens is 390 g/mol. The Morgan fingerprint density at radius 2 is 1.83 bits per heavy atom. The number of aromatic nitrogens is 1. The van der Waals surface area contributed by atoms with Gasteiger partial charge in [-0.2, -0.15) is 5.10 Å². The van der Waals surface area contributed by atoms with Gasteiger partial charge in [0.2, 0.25) is 4.80 Å². The first-order valence-electron chi connectivity index (χ1n) is 8.96. The maximum absolute atomic E-state index is 9.68. The molecule has 152 valence electrons. The number of benzene rings is 2. The summed E-state index contributed by atoms with van der Waals surface area (Å²) >= 11 is 1.49. The van der Waals surface area contributed by atoms with Gasteiger partial charge in [-0.05, 0) is 48.9 Å². The van der Waals surface area contributed by atoms with Gasteiger partial charge in [0.25, 0.3) is 0 Å². The lowest BCUT2D eigenvalue weighted by Gasteiger charge is -2.12. The molecule has 8 heteroatoms. The van der Waals surface area contributed by atoms with Crippen LogP contribution in [-0.4, -0.2) is 37.2 Å². The van der Waals surface area contributed by atoms with Crippen molar-refractivity contribution >= 4 is 17.6 Å². The van der Waals surface area contributed by atoms with Crippen molar-refractivity contribution < 1.29 is 19.3 Å². The monoisotopic (exact) mass is 413 g/mol. The number of hydrogen-bond donors (Lipinski definition) is 1. The molecule has 1 N–H and O–H groups in total. The Balaban J connectivity index is 1.98. The molecule has 0 aliphatic carbocycles. The smallest absolute Gasteiger partial charge is 0.211 e. The second kappa shape index (κ2) is 9.29. The van der Waals surface area contributed by atoms with E-state index in [1.165, 1.54) is 18.4 Å². The molecule has 0 aliphatic heterocycles. The van der Waals surface area contributed by atoms with Crippen molar-refractivity contribution in [2.45, 2.75) is 13.5 Å². The van der Waals surface area contributed by atoms with Gasteiger partial charge in [0.1, 0.15) is 11.5 Å². The molecule has 0 amide bonds. The zero-order valence-corrected chi connectivity index (χ0v) is 17.6. The van der Waals surface area contributed by atoms with Crippen LogP contribution in [-0.2, 0) is 6.54 Å². The van der Waals surface area contributed by atoms with Gasteiger partial charge < -0.3 is 23.9 Å². The molecule has 29 heavy (non-hydrogen) atoms. The summed E-state index contributed by atoms with van der Waals surface area (Å²) in [7, 11) is 4.79. The number of phenols is 1. The molecule has 1 aromatic heterocycles. The Morgan fingerprint density at radius 1 is 1.03 bits per heavy atom. The van der Waals surface area contributed by atoms with Gasteiger partial charge in [-0.1, -0.05) is 0 Å². The molecular formula is C21H23N3O4S. The first-order chi connectivity index (χ1) is 14.1. The van der Waals surface area contributed by atoms with Crippen molar-refractivity contribution in [1.82, 2.24) is 4.57 Å². The molecule has 0 aliphatic rings. The van der Waals surface area contributed by atoms with E-state index in [4.69, 9.17) is 14.2 Å². The number of rotatable bonds is 7. The average molecular weight is 413 g/mol. The van der Waals surface area contributed by atoms with Crippen molar-refractivity contribution in [3.63, 3.8) is 0 Å². The predicted octanol–water partition coefficient (Wildman–Crippen LogP) is 3.90. The van der Waals surface area contributed by atoms with Crippen LogP contribution < -0.4 is 19.0 Å². The largest absolute Gasteiger partial charge is 0.504 e. The topological polar surface area (TPSA) is 77.6 Å². The summed E-state index contributed by atoms with van der Waals surface area (Å²) in [6.45, 7) is 2.77. The zero-order chi connectivity index (χ0) is 20.8. The quantitative estimate of drug-likeness (QED) is 0.471. The summed E-state index contributed by atoms with van der Waals surface area (Å²) in [5.74, 6) is 1.99. The Bertz CT molecular complexity index is 1090. The molecule has 7 nitrogen and oxygen atoms in total. The molecule has 0 fully saturated rings. The van der Waals surface area contributed by atoms with E-state index < -0.39 is 0 Å². The highest BCUT2D eigenvalue weighted by Crippen LogP contribution is 2.33. The summed E-state index contributed by atoms with van der Waals surface area (Å²) in [6, 6.07) is 10.7. The highest BCUT2D eigenvalue weighted by atomic mass is 32.1. The van der Waals surface area contributed by atoms with E-state index in [0.717, 1.165) is 39.7 Å². The Kier molecular flexibility index (Phi) is 6.56. The maximum atomic E-state index is 9.68. The SMILES string of the molecule is CCn1c(-c2cc(OC)ccc2OC)cs/c1=N\N=C\c1ccc(O)c(OC)c1. The summed E-state index contributed by atoms with van der Waals surface area (Å²) in [4.78, 5) is 0.759. The molecule has 3 aromatic rings. The van der Waals surface area contributed by atoms with Gasteiger partial charge in [0.05, 0.1) is 33.2 Å². The van der Waals surface area contributed by atoms with Crippen LogP contribution in [0.5, 0.6) is 23.0 Å². The third-order valence-electron chi connectivity index (χ3n) is 4.35. The minimum atomic E-state index is 0.0838. The van der Waals surface area contributed by atoms with Gasteiger partial charge in [0.15, 0.2) is 11.5 Å². The van der Waals surface area contributed by atoms with Gasteiger partial charge in [0, 0.05) is 17.5 Å². The third kappa shape index (κ3) is 4.43. The molecule has 3 rings (SSSR count). The summed E-state index contributed by atoms with van der Waals surface area (Å²) < 4.78 is 18.1. The fraction of sp³-hybridized carbons (Fsp3) is 0.238. The van der Waals surface area contributed by atoms with Crippen molar-refractivity contribution in [2.24, 2.45) is 10.2 Å². The summed E-state index contributed by atoms with van der Waals surface area (Å²) in [6.07, 6.45) is 1.62. The number of thiazole rings is 1. The lowest BCUT2D eigenvalue weighted by molar-refractivity contribution is 0.373. The third-order valence-corrected chi connectivity index (χ3v) is 5.20. The fourth-order valence-corrected chi connectivity index (χ4v) is 3.78. The van der Waals surface area contributed by atoms with E-state index >= 15 is 0 Å². The van der Waals surface area contributed by atoms with Crippen LogP contribution in [0.2, 0.25) is 0 Å². The fourth-order valence-electron chi connectivity index (χ4n) is 2.86. The highest BCUT2D eigenvalue weighted by Gasteiger charge is 2.13. The van der Waals surface area contributed by atoms with Crippen LogP contribution in [0.25, 0.3) is 11.3 Å². The van der Waals surface area contributed by atoms with Gasteiger partial charge in [-0.15, -0.1) is 16.4 Å². The second-order valence-corrected chi connectivity index (χ2v) is 6.83. The van der Waals surface area contributed by atoms with Crippen molar-refractivity contribution in [1.29, 1.82) is 0 Å². The van der Waals surface area contributed by atoms with Crippen molar-refractivity contribution in [2.75, 3.05) is 21.3 Å². The van der Waals surface area contributed by atoms with E-state index in [-0.39, 0.29) is 5.75 Å². The molecule has 0 saturated carbocycles. The lowest BCUT2D eigenvalue weighted by atomic mass is 10.1. The number of methoxy groups -OCH3 is 3. The summed E-state index contributed by atoms with van der Waals surface area (Å²) in [5.41, 5.74) is 2.69. The standard InChI is InChI=1S/C21H23N3O4S/c1-5-24-17(16-11-15(26-2)7-9-19(16)27-3)13-29-21(24)23-22-12-14-6-8-18(25)20(10-14)28-4/h6-13,25H,5H2,1-4H3/b22-12+,23-21-. The molecule has 0 radical (unpaired) electrons. The Hall–Kier alpha value is -3.26. The average Bonchev–Trinajstić information content (AvgIpc) is 3.17. The Morgan fingerprint density at radius 3 is 2.52 bits per heavy atom. The zero-order valence-electron chi connectivity index (χ0n) is 16.7. The number of ether oxygens (including phenoxy) is 3. The number of aromatic hydroxyl groups is 1. The number of phenolic OH excluding ortho intramolecular Hbond substituents is 1. The predicted molar refractivity (Wildman–Crippen MR) is 114 cm³/mol. The number of nitrogens with zero attached hydrogens (tertiary/aromatic N) is 3. The molecule has 0 spiro atoms. The summed E-state index contributed by atoms with van der Waals surface area (Å²) in [5, 5.41) is 20.3. The first-order valence-corrected chi connectivity index (χ1v) is 9.84. The van der Waals surface area contributed by atoms with Crippen LogP contribution in [0.15, 0.2) is 52.0 Å².